The molecule has 59 heavy (non-hydrogen) atoms. The van der Waals surface area contributed by atoms with Gasteiger partial charge in [0.25, 0.3) is 0 Å². The smallest absolute Gasteiger partial charge is 0.306 e. The first-order valence-corrected chi connectivity index (χ1v) is 23.4. The number of allylic oxidation sites excluding steroid dienone is 18. The van der Waals surface area contributed by atoms with Crippen LogP contribution in [0.1, 0.15) is 188 Å². The molecule has 0 aliphatic carbocycles. The largest absolute Gasteiger partial charge is 0.462 e. The van der Waals surface area contributed by atoms with Gasteiger partial charge in [0.05, 0.1) is 0 Å². The van der Waals surface area contributed by atoms with E-state index in [1.807, 2.05) is 36.5 Å². The Morgan fingerprint density at radius 3 is 1.27 bits per heavy atom. The topological polar surface area (TPSA) is 78.9 Å². The van der Waals surface area contributed by atoms with Crippen LogP contribution in [-0.4, -0.2) is 37.2 Å². The Balaban J connectivity index is 4.53. The van der Waals surface area contributed by atoms with Crippen LogP contribution in [0.2, 0.25) is 0 Å². The summed E-state index contributed by atoms with van der Waals surface area (Å²) in [5.41, 5.74) is 0. The molecule has 0 aromatic carbocycles. The van der Waals surface area contributed by atoms with E-state index in [2.05, 4.69) is 93.7 Å². The second kappa shape index (κ2) is 46.8. The van der Waals surface area contributed by atoms with Crippen LogP contribution in [0.15, 0.2) is 109 Å². The summed E-state index contributed by atoms with van der Waals surface area (Å²) in [5.74, 6) is -1.00. The van der Waals surface area contributed by atoms with Gasteiger partial charge in [-0.1, -0.05) is 175 Å². The summed E-state index contributed by atoms with van der Waals surface area (Å²) in [4.78, 5) is 37.8. The van der Waals surface area contributed by atoms with Crippen molar-refractivity contribution >= 4 is 17.9 Å². The molecule has 0 fully saturated rings. The van der Waals surface area contributed by atoms with Crippen molar-refractivity contribution in [2.75, 3.05) is 13.2 Å². The van der Waals surface area contributed by atoms with Crippen LogP contribution in [0.4, 0.5) is 0 Å². The monoisotopic (exact) mass is 817 g/mol. The van der Waals surface area contributed by atoms with Crippen LogP contribution in [0.3, 0.4) is 0 Å². The fraction of sp³-hybridized carbons (Fsp3) is 0.604. The molecule has 0 aliphatic heterocycles. The molecule has 0 saturated carbocycles. The molecule has 0 heterocycles. The van der Waals surface area contributed by atoms with Gasteiger partial charge >= 0.3 is 17.9 Å². The van der Waals surface area contributed by atoms with E-state index in [0.717, 1.165) is 109 Å². The van der Waals surface area contributed by atoms with Gasteiger partial charge in [-0.15, -0.1) is 0 Å². The molecule has 0 aliphatic rings. The third-order valence-corrected chi connectivity index (χ3v) is 9.34. The second-order valence-electron chi connectivity index (χ2n) is 15.0. The Morgan fingerprint density at radius 2 is 0.746 bits per heavy atom. The van der Waals surface area contributed by atoms with Gasteiger partial charge in [0.1, 0.15) is 13.2 Å². The third kappa shape index (κ3) is 45.0. The van der Waals surface area contributed by atoms with Crippen molar-refractivity contribution in [3.05, 3.63) is 109 Å². The Kier molecular flexibility index (Phi) is 43.6. The van der Waals surface area contributed by atoms with Gasteiger partial charge in [0.15, 0.2) is 6.10 Å². The van der Waals surface area contributed by atoms with E-state index >= 15 is 0 Å². The molecule has 0 N–H and O–H groups in total. The quantitative estimate of drug-likeness (QED) is 0.0201. The highest BCUT2D eigenvalue weighted by Gasteiger charge is 2.19. The minimum Gasteiger partial charge on any atom is -0.462 e. The molecule has 0 saturated heterocycles. The van der Waals surface area contributed by atoms with E-state index in [0.29, 0.717) is 19.3 Å². The lowest BCUT2D eigenvalue weighted by Crippen LogP contribution is -2.30. The number of carbonyl (C=O) groups excluding carboxylic acids is 3. The van der Waals surface area contributed by atoms with Crippen molar-refractivity contribution < 1.29 is 28.6 Å². The second-order valence-corrected chi connectivity index (χ2v) is 15.0. The first kappa shape index (κ1) is 55.1. The summed E-state index contributed by atoms with van der Waals surface area (Å²) in [6, 6.07) is 0. The highest BCUT2D eigenvalue weighted by molar-refractivity contribution is 5.71. The Hall–Kier alpha value is -3.93. The summed E-state index contributed by atoms with van der Waals surface area (Å²) >= 11 is 0. The molecule has 0 aromatic heterocycles. The van der Waals surface area contributed by atoms with E-state index in [-0.39, 0.29) is 37.5 Å². The summed E-state index contributed by atoms with van der Waals surface area (Å²) in [6.07, 6.45) is 62.1. The lowest BCUT2D eigenvalue weighted by atomic mass is 10.1. The van der Waals surface area contributed by atoms with E-state index in [4.69, 9.17) is 14.2 Å². The molecular weight excluding hydrogens is 733 g/mol. The third-order valence-electron chi connectivity index (χ3n) is 9.34. The van der Waals surface area contributed by atoms with Crippen LogP contribution < -0.4 is 0 Å². The molecular formula is C53H84O6. The molecule has 0 aromatic rings. The van der Waals surface area contributed by atoms with Gasteiger partial charge in [-0.05, 0) is 103 Å². The van der Waals surface area contributed by atoms with E-state index in [1.165, 1.54) is 32.1 Å². The normalized spacial score (nSPS) is 13.1. The Morgan fingerprint density at radius 1 is 0.373 bits per heavy atom. The van der Waals surface area contributed by atoms with Gasteiger partial charge in [-0.3, -0.25) is 14.4 Å². The Labute approximate surface area is 361 Å². The number of hydrogen-bond acceptors (Lipinski definition) is 6. The number of rotatable bonds is 40. The molecule has 6 nitrogen and oxygen atoms in total. The summed E-state index contributed by atoms with van der Waals surface area (Å²) in [5, 5.41) is 0. The number of hydrogen-bond donors (Lipinski definition) is 0. The van der Waals surface area contributed by atoms with Gasteiger partial charge in [0, 0.05) is 19.3 Å². The summed E-state index contributed by atoms with van der Waals surface area (Å²) in [7, 11) is 0. The van der Waals surface area contributed by atoms with Crippen LogP contribution in [0.5, 0.6) is 0 Å². The maximum absolute atomic E-state index is 12.7. The SMILES string of the molecule is CC\C=C/C=C\C=C/C=C\CCCCCC(=O)OC(COC(=O)CCCCC/C=C\C/C=C\C/C=C\C/C=C\CC)COC(=O)CCCCCCC/C=C\CCCCC. The lowest BCUT2D eigenvalue weighted by molar-refractivity contribution is -0.167. The van der Waals surface area contributed by atoms with Crippen molar-refractivity contribution in [1.29, 1.82) is 0 Å². The maximum atomic E-state index is 12.7. The molecule has 1 atom stereocenters. The zero-order valence-corrected chi connectivity index (χ0v) is 37.7. The molecule has 0 spiro atoms. The standard InChI is InChI=1S/C53H84O6/c1-4-7-10-13-16-19-22-25-26-27-29-31-34-37-40-43-46-52(55)58-49-50(48-57-51(54)45-42-39-36-33-30-24-21-18-15-12-9-6-3)59-53(56)47-44-41-38-35-32-28-23-20-17-14-11-8-5-2/h7-8,10-11,14,16-21,23,25-26,28-29,31-32,50H,4-6,9,12-13,15,22,24,27,30,33-49H2,1-3H3/b10-7-,11-8-,17-14-,19-16-,21-18-,23-20-,26-25-,31-29-,32-28-. The van der Waals surface area contributed by atoms with E-state index in [9.17, 15) is 14.4 Å². The first-order valence-electron chi connectivity index (χ1n) is 23.4. The number of esters is 3. The van der Waals surface area contributed by atoms with Crippen LogP contribution in [0, 0.1) is 0 Å². The fourth-order valence-corrected chi connectivity index (χ4v) is 5.85. The fourth-order valence-electron chi connectivity index (χ4n) is 5.85. The molecule has 0 rings (SSSR count). The number of unbranched alkanes of at least 4 members (excludes halogenated alkanes) is 14. The number of carbonyl (C=O) groups is 3. The van der Waals surface area contributed by atoms with E-state index < -0.39 is 6.10 Å². The average molecular weight is 817 g/mol. The lowest BCUT2D eigenvalue weighted by Gasteiger charge is -2.18. The predicted octanol–water partition coefficient (Wildman–Crippen LogP) is 15.2. The molecule has 1 unspecified atom stereocenters. The van der Waals surface area contributed by atoms with Gasteiger partial charge < -0.3 is 14.2 Å². The first-order chi connectivity index (χ1) is 29.0. The van der Waals surface area contributed by atoms with Crippen molar-refractivity contribution in [3.8, 4) is 0 Å². The molecule has 0 amide bonds. The van der Waals surface area contributed by atoms with Crippen molar-refractivity contribution in [3.63, 3.8) is 0 Å². The van der Waals surface area contributed by atoms with Crippen LogP contribution in [0.25, 0.3) is 0 Å². The maximum Gasteiger partial charge on any atom is 0.306 e. The minimum absolute atomic E-state index is 0.111. The van der Waals surface area contributed by atoms with Gasteiger partial charge in [-0.25, -0.2) is 0 Å². The average Bonchev–Trinajstić information content (AvgIpc) is 3.23. The Bertz CT molecular complexity index is 1260. The predicted molar refractivity (Wildman–Crippen MR) is 251 cm³/mol. The highest BCUT2D eigenvalue weighted by atomic mass is 16.6. The molecule has 0 radical (unpaired) electrons. The zero-order chi connectivity index (χ0) is 43.0. The molecule has 0 bridgehead atoms. The van der Waals surface area contributed by atoms with Gasteiger partial charge in [0.2, 0.25) is 0 Å². The van der Waals surface area contributed by atoms with Crippen LogP contribution >= 0.6 is 0 Å². The molecule has 332 valence electrons. The summed E-state index contributed by atoms with van der Waals surface area (Å²) < 4.78 is 16.7. The summed E-state index contributed by atoms with van der Waals surface area (Å²) in [6.45, 7) is 6.26. The van der Waals surface area contributed by atoms with E-state index in [1.54, 1.807) is 0 Å². The van der Waals surface area contributed by atoms with Crippen molar-refractivity contribution in [2.24, 2.45) is 0 Å². The van der Waals surface area contributed by atoms with Crippen molar-refractivity contribution in [1.82, 2.24) is 0 Å². The zero-order valence-electron chi connectivity index (χ0n) is 37.7. The molecule has 6 heteroatoms. The number of ether oxygens (including phenoxy) is 3. The van der Waals surface area contributed by atoms with Crippen LogP contribution in [-0.2, 0) is 28.6 Å². The van der Waals surface area contributed by atoms with Gasteiger partial charge in [-0.2, -0.15) is 0 Å². The minimum atomic E-state index is -0.815. The highest BCUT2D eigenvalue weighted by Crippen LogP contribution is 2.12. The van der Waals surface area contributed by atoms with Crippen molar-refractivity contribution in [2.45, 2.75) is 194 Å².